The van der Waals surface area contributed by atoms with Crippen LogP contribution in [0.1, 0.15) is 32.8 Å². The summed E-state index contributed by atoms with van der Waals surface area (Å²) >= 11 is 0. The number of rotatable bonds is 4. The molecular formula is C20H26F3N3O6. The Hall–Kier alpha value is -2.86. The summed E-state index contributed by atoms with van der Waals surface area (Å²) in [6.07, 6.45) is -5.41. The molecule has 1 saturated heterocycles. The molecule has 0 bridgehead atoms. The zero-order valence-corrected chi connectivity index (χ0v) is 17.8. The topological polar surface area (TPSA) is 128 Å². The first-order valence-corrected chi connectivity index (χ1v) is 9.75. The minimum absolute atomic E-state index is 0.0278. The van der Waals surface area contributed by atoms with E-state index < -0.39 is 35.3 Å². The minimum atomic E-state index is -5.34. The number of carbonyl (C=O) groups excluding carboxylic acids is 3. The molecular weight excluding hydrogens is 435 g/mol. The van der Waals surface area contributed by atoms with Crippen molar-refractivity contribution in [3.8, 4) is 5.75 Å². The first-order chi connectivity index (χ1) is 14.7. The molecule has 1 aliphatic heterocycles. The largest absolute Gasteiger partial charge is 0.508 e. The molecule has 2 atom stereocenters. The van der Waals surface area contributed by atoms with E-state index in [1.54, 1.807) is 0 Å². The van der Waals surface area contributed by atoms with Gasteiger partial charge in [0.1, 0.15) is 5.75 Å². The average molecular weight is 461 g/mol. The van der Waals surface area contributed by atoms with Crippen molar-refractivity contribution in [3.63, 3.8) is 0 Å². The molecule has 2 amide bonds. The number of aromatic hydroxyl groups is 1. The van der Waals surface area contributed by atoms with E-state index in [1.165, 1.54) is 35.2 Å². The Labute approximate surface area is 182 Å². The van der Waals surface area contributed by atoms with Gasteiger partial charge >= 0.3 is 12.1 Å². The van der Waals surface area contributed by atoms with Crippen LogP contribution in [0.3, 0.4) is 0 Å². The van der Waals surface area contributed by atoms with Crippen LogP contribution in [-0.4, -0.2) is 58.8 Å². The molecule has 4 N–H and O–H groups in total. The standard InChI is InChI=1S/C20H26F3N3O6/c1-18(2,3)11-26-8-7-19(14(10-26)15(28)24-31,12-5-4-6-13(27)9-12)16(29)25-32-17(30)20(21,22)23/h4-6,9,14,27,31H,7-8,10-11H2,1-3H3,(H,24,28)(H,25,29)/t14-,19-/m1/s1. The number of amides is 2. The van der Waals surface area contributed by atoms with Gasteiger partial charge in [0.25, 0.3) is 5.91 Å². The minimum Gasteiger partial charge on any atom is -0.508 e. The highest BCUT2D eigenvalue weighted by molar-refractivity contribution is 5.95. The van der Waals surface area contributed by atoms with Crippen molar-refractivity contribution in [2.24, 2.45) is 11.3 Å². The fourth-order valence-electron chi connectivity index (χ4n) is 3.99. The van der Waals surface area contributed by atoms with Gasteiger partial charge in [-0.15, -0.1) is 0 Å². The number of halogens is 3. The quantitative estimate of drug-likeness (QED) is 0.396. The number of alkyl halides is 3. The number of nitrogens with zero attached hydrogens (tertiary/aromatic N) is 1. The number of phenolic OH excluding ortho intramolecular Hbond substituents is 1. The third-order valence-corrected chi connectivity index (χ3v) is 5.22. The van der Waals surface area contributed by atoms with Crippen molar-refractivity contribution in [1.82, 2.24) is 15.9 Å². The lowest BCUT2D eigenvalue weighted by atomic mass is 9.64. The van der Waals surface area contributed by atoms with Crippen LogP contribution in [0.4, 0.5) is 13.2 Å². The van der Waals surface area contributed by atoms with Gasteiger partial charge in [0.15, 0.2) is 0 Å². The summed E-state index contributed by atoms with van der Waals surface area (Å²) in [5.41, 5.74) is 1.13. The van der Waals surface area contributed by atoms with Crippen LogP contribution in [0, 0.1) is 11.3 Å². The molecule has 0 spiro atoms. The van der Waals surface area contributed by atoms with Gasteiger partial charge in [-0.2, -0.15) is 18.7 Å². The van der Waals surface area contributed by atoms with Gasteiger partial charge in [-0.3, -0.25) is 14.8 Å². The summed E-state index contributed by atoms with van der Waals surface area (Å²) in [5, 5.41) is 19.2. The molecule has 1 fully saturated rings. The molecule has 0 saturated carbocycles. The molecule has 1 aromatic carbocycles. The number of nitrogens with one attached hydrogen (secondary N) is 2. The first-order valence-electron chi connectivity index (χ1n) is 9.75. The van der Waals surface area contributed by atoms with Crippen molar-refractivity contribution < 1.29 is 42.7 Å². The first kappa shape index (κ1) is 25.4. The number of hydrogen-bond acceptors (Lipinski definition) is 7. The maximum atomic E-state index is 13.2. The van der Waals surface area contributed by atoms with Gasteiger partial charge in [0.2, 0.25) is 5.91 Å². The smallest absolute Gasteiger partial charge is 0.493 e. The lowest BCUT2D eigenvalue weighted by Gasteiger charge is -2.46. The zero-order chi connectivity index (χ0) is 24.3. The summed E-state index contributed by atoms with van der Waals surface area (Å²) < 4.78 is 37.6. The van der Waals surface area contributed by atoms with Gasteiger partial charge in [-0.05, 0) is 36.1 Å². The van der Waals surface area contributed by atoms with Gasteiger partial charge in [0, 0.05) is 13.1 Å². The number of likely N-dealkylation sites (tertiary alicyclic amines) is 1. The van der Waals surface area contributed by atoms with Crippen LogP contribution in [0.5, 0.6) is 5.75 Å². The van der Waals surface area contributed by atoms with Crippen molar-refractivity contribution in [1.29, 1.82) is 0 Å². The summed E-state index contributed by atoms with van der Waals surface area (Å²) in [6, 6.07) is 5.33. The predicted octanol–water partition coefficient (Wildman–Crippen LogP) is 1.64. The highest BCUT2D eigenvalue weighted by Crippen LogP contribution is 2.42. The van der Waals surface area contributed by atoms with E-state index in [0.29, 0.717) is 6.54 Å². The van der Waals surface area contributed by atoms with E-state index >= 15 is 0 Å². The zero-order valence-electron chi connectivity index (χ0n) is 17.8. The second-order valence-electron chi connectivity index (χ2n) is 8.91. The number of benzene rings is 1. The van der Waals surface area contributed by atoms with E-state index in [-0.39, 0.29) is 36.2 Å². The van der Waals surface area contributed by atoms with Crippen molar-refractivity contribution in [2.45, 2.75) is 38.8 Å². The third-order valence-electron chi connectivity index (χ3n) is 5.22. The summed E-state index contributed by atoms with van der Waals surface area (Å²) in [6.45, 7) is 6.67. The Bertz CT molecular complexity index is 871. The fourth-order valence-corrected chi connectivity index (χ4v) is 3.99. The second kappa shape index (κ2) is 9.33. The molecule has 1 aromatic rings. The van der Waals surface area contributed by atoms with Gasteiger partial charge in [-0.1, -0.05) is 32.9 Å². The lowest BCUT2D eigenvalue weighted by Crippen LogP contribution is -2.62. The van der Waals surface area contributed by atoms with Crippen molar-refractivity contribution in [2.75, 3.05) is 19.6 Å². The van der Waals surface area contributed by atoms with E-state index in [0.717, 1.165) is 0 Å². The SMILES string of the molecule is CC(C)(C)CN1CC[C@@](C(=O)NOC(=O)C(F)(F)F)(c2cccc(O)c2)[C@@H](C(=O)NO)C1. The molecule has 0 aliphatic carbocycles. The van der Waals surface area contributed by atoms with Crippen molar-refractivity contribution in [3.05, 3.63) is 29.8 Å². The van der Waals surface area contributed by atoms with Crippen LogP contribution in [0.2, 0.25) is 0 Å². The molecule has 178 valence electrons. The maximum Gasteiger partial charge on any atom is 0.493 e. The maximum absolute atomic E-state index is 13.2. The molecule has 1 aliphatic rings. The van der Waals surface area contributed by atoms with Gasteiger partial charge in [0.05, 0.1) is 11.3 Å². The van der Waals surface area contributed by atoms with E-state index in [2.05, 4.69) is 4.84 Å². The highest BCUT2D eigenvalue weighted by Gasteiger charge is 2.54. The Morgan fingerprint density at radius 3 is 2.44 bits per heavy atom. The van der Waals surface area contributed by atoms with Gasteiger partial charge in [-0.25, -0.2) is 10.3 Å². The van der Waals surface area contributed by atoms with Crippen molar-refractivity contribution >= 4 is 17.8 Å². The molecule has 0 unspecified atom stereocenters. The Balaban J connectivity index is 2.50. The molecule has 12 heteroatoms. The normalized spacial score (nSPS) is 22.2. The molecule has 0 aromatic heterocycles. The molecule has 1 heterocycles. The monoisotopic (exact) mass is 461 g/mol. The summed E-state index contributed by atoms with van der Waals surface area (Å²) in [5.74, 6) is -6.31. The Morgan fingerprint density at radius 1 is 1.25 bits per heavy atom. The number of carbonyl (C=O) groups is 3. The summed E-state index contributed by atoms with van der Waals surface area (Å²) in [4.78, 5) is 42.7. The Kier molecular flexibility index (Phi) is 7.40. The molecule has 0 radical (unpaired) electrons. The van der Waals surface area contributed by atoms with Crippen LogP contribution in [0.15, 0.2) is 24.3 Å². The second-order valence-corrected chi connectivity index (χ2v) is 8.91. The number of phenols is 1. The van der Waals surface area contributed by atoms with Crippen LogP contribution >= 0.6 is 0 Å². The van der Waals surface area contributed by atoms with E-state index in [4.69, 9.17) is 0 Å². The molecule has 32 heavy (non-hydrogen) atoms. The third kappa shape index (κ3) is 5.68. The Morgan fingerprint density at radius 2 is 1.91 bits per heavy atom. The molecule has 2 rings (SSSR count). The van der Waals surface area contributed by atoms with E-state index in [1.807, 2.05) is 25.7 Å². The van der Waals surface area contributed by atoms with E-state index in [9.17, 15) is 37.9 Å². The fraction of sp³-hybridized carbons (Fsp3) is 0.550. The van der Waals surface area contributed by atoms with Crippen LogP contribution in [-0.2, 0) is 24.6 Å². The van der Waals surface area contributed by atoms with Crippen LogP contribution < -0.4 is 11.0 Å². The highest BCUT2D eigenvalue weighted by atomic mass is 19.4. The number of hydroxylamine groups is 2. The van der Waals surface area contributed by atoms with Gasteiger partial charge < -0.3 is 14.8 Å². The predicted molar refractivity (Wildman–Crippen MR) is 104 cm³/mol. The van der Waals surface area contributed by atoms with Crippen LogP contribution in [0.25, 0.3) is 0 Å². The lowest BCUT2D eigenvalue weighted by molar-refractivity contribution is -0.208. The number of piperidine rings is 1. The summed E-state index contributed by atoms with van der Waals surface area (Å²) in [7, 11) is 0. The molecule has 9 nitrogen and oxygen atoms in total. The number of hydrogen-bond donors (Lipinski definition) is 4. The average Bonchev–Trinajstić information content (AvgIpc) is 2.69.